The summed E-state index contributed by atoms with van der Waals surface area (Å²) in [7, 11) is 0. The Kier molecular flexibility index (Phi) is 5.71. The van der Waals surface area contributed by atoms with Crippen molar-refractivity contribution in [2.24, 2.45) is 5.92 Å². The molecule has 136 valence electrons. The first-order valence-electron chi connectivity index (χ1n) is 9.12. The molecule has 0 aliphatic carbocycles. The maximum absolute atomic E-state index is 12.6. The number of benzene rings is 2. The number of ether oxygens (including phenoxy) is 1. The van der Waals surface area contributed by atoms with E-state index in [1.807, 2.05) is 59.5 Å². The van der Waals surface area contributed by atoms with Crippen molar-refractivity contribution in [1.82, 2.24) is 4.90 Å². The average Bonchev–Trinajstić information content (AvgIpc) is 3.01. The molecule has 2 atom stereocenters. The second-order valence-electron chi connectivity index (χ2n) is 7.02. The monoisotopic (exact) mass is 351 g/mol. The van der Waals surface area contributed by atoms with E-state index in [0.717, 1.165) is 30.5 Å². The molecule has 1 aliphatic rings. The van der Waals surface area contributed by atoms with Gasteiger partial charge in [0.2, 0.25) is 0 Å². The third kappa shape index (κ3) is 4.31. The predicted octanol–water partition coefficient (Wildman–Crippen LogP) is 4.48. The fourth-order valence-corrected chi connectivity index (χ4v) is 3.47. The van der Waals surface area contributed by atoms with Crippen LogP contribution in [0.4, 0.5) is 4.79 Å². The summed E-state index contributed by atoms with van der Waals surface area (Å²) in [4.78, 5) is 25.8. The lowest BCUT2D eigenvalue weighted by molar-refractivity contribution is 0.0889. The maximum Gasteiger partial charge on any atom is 0.410 e. The van der Waals surface area contributed by atoms with Crippen LogP contribution in [0, 0.1) is 5.92 Å². The van der Waals surface area contributed by atoms with Gasteiger partial charge in [0, 0.05) is 18.2 Å². The number of rotatable bonds is 5. The second kappa shape index (κ2) is 8.17. The number of ketones is 1. The Hall–Kier alpha value is -2.62. The average molecular weight is 351 g/mol. The number of amides is 1. The quantitative estimate of drug-likeness (QED) is 0.746. The molecular weight excluding hydrogens is 326 g/mol. The Balaban J connectivity index is 1.63. The molecule has 0 N–H and O–H groups in total. The number of hydrogen-bond acceptors (Lipinski definition) is 3. The molecule has 2 aromatic rings. The molecule has 0 saturated carbocycles. The van der Waals surface area contributed by atoms with Gasteiger partial charge < -0.3 is 9.64 Å². The van der Waals surface area contributed by atoms with Crippen LogP contribution in [0.5, 0.6) is 0 Å². The summed E-state index contributed by atoms with van der Waals surface area (Å²) in [5, 5.41) is 0. The zero-order chi connectivity index (χ0) is 18.5. The molecule has 1 aliphatic heterocycles. The van der Waals surface area contributed by atoms with E-state index in [9.17, 15) is 9.59 Å². The van der Waals surface area contributed by atoms with Crippen molar-refractivity contribution in [3.63, 3.8) is 0 Å². The predicted molar refractivity (Wildman–Crippen MR) is 101 cm³/mol. The van der Waals surface area contributed by atoms with E-state index in [1.165, 1.54) is 0 Å². The molecule has 1 saturated heterocycles. The van der Waals surface area contributed by atoms with E-state index in [2.05, 4.69) is 6.92 Å². The molecule has 0 radical (unpaired) electrons. The minimum Gasteiger partial charge on any atom is -0.445 e. The first kappa shape index (κ1) is 18.2. The number of likely N-dealkylation sites (tertiary alicyclic amines) is 1. The highest BCUT2D eigenvalue weighted by Gasteiger charge is 2.35. The summed E-state index contributed by atoms with van der Waals surface area (Å²) < 4.78 is 5.52. The van der Waals surface area contributed by atoms with Crippen molar-refractivity contribution < 1.29 is 14.3 Å². The van der Waals surface area contributed by atoms with Crippen molar-refractivity contribution in [1.29, 1.82) is 0 Å². The van der Waals surface area contributed by atoms with Gasteiger partial charge in [-0.25, -0.2) is 4.79 Å². The fourth-order valence-electron chi connectivity index (χ4n) is 3.47. The summed E-state index contributed by atoms with van der Waals surface area (Å²) in [5.41, 5.74) is 2.84. The van der Waals surface area contributed by atoms with Crippen molar-refractivity contribution in [2.75, 3.05) is 6.54 Å². The summed E-state index contributed by atoms with van der Waals surface area (Å²) in [6.45, 7) is 4.77. The van der Waals surface area contributed by atoms with Gasteiger partial charge >= 0.3 is 6.09 Å². The van der Waals surface area contributed by atoms with Gasteiger partial charge in [-0.3, -0.25) is 4.79 Å². The number of hydrogen-bond donors (Lipinski definition) is 0. The summed E-state index contributed by atoms with van der Waals surface area (Å²) >= 11 is 0. The third-order valence-corrected chi connectivity index (χ3v) is 5.13. The minimum atomic E-state index is -0.247. The largest absolute Gasteiger partial charge is 0.445 e. The molecular formula is C22H25NO3. The normalized spacial score (nSPS) is 19.4. The SMILES string of the molecule is CC(=O)c1ccc(C[C@H]2[C@H](C)CCN2C(=O)OCc2ccccc2)cc1. The molecule has 1 heterocycles. The molecule has 0 spiro atoms. The molecule has 2 aromatic carbocycles. The van der Waals surface area contributed by atoms with Crippen LogP contribution in [0.3, 0.4) is 0 Å². The number of Topliss-reactive ketones (excluding diaryl/α,β-unsaturated/α-hetero) is 1. The lowest BCUT2D eigenvalue weighted by Gasteiger charge is -2.26. The van der Waals surface area contributed by atoms with E-state index in [0.29, 0.717) is 18.1 Å². The van der Waals surface area contributed by atoms with Crippen LogP contribution >= 0.6 is 0 Å². The highest BCUT2D eigenvalue weighted by molar-refractivity contribution is 5.94. The van der Waals surface area contributed by atoms with Gasteiger partial charge in [-0.2, -0.15) is 0 Å². The highest BCUT2D eigenvalue weighted by atomic mass is 16.6. The number of nitrogens with zero attached hydrogens (tertiary/aromatic N) is 1. The van der Waals surface area contributed by atoms with Crippen molar-refractivity contribution >= 4 is 11.9 Å². The number of carbonyl (C=O) groups excluding carboxylic acids is 2. The molecule has 0 aromatic heterocycles. The molecule has 1 amide bonds. The first-order chi connectivity index (χ1) is 12.5. The van der Waals surface area contributed by atoms with Crippen molar-refractivity contribution in [2.45, 2.75) is 39.3 Å². The summed E-state index contributed by atoms with van der Waals surface area (Å²) in [6.07, 6.45) is 1.51. The topological polar surface area (TPSA) is 46.6 Å². The zero-order valence-electron chi connectivity index (χ0n) is 15.4. The lowest BCUT2D eigenvalue weighted by Crippen LogP contribution is -2.39. The highest BCUT2D eigenvalue weighted by Crippen LogP contribution is 2.28. The Morgan fingerprint density at radius 1 is 1.04 bits per heavy atom. The van der Waals surface area contributed by atoms with Crippen LogP contribution in [0.15, 0.2) is 54.6 Å². The third-order valence-electron chi connectivity index (χ3n) is 5.13. The van der Waals surface area contributed by atoms with Gasteiger partial charge in [-0.1, -0.05) is 61.5 Å². The molecule has 1 fully saturated rings. The summed E-state index contributed by atoms with van der Waals surface area (Å²) in [5.74, 6) is 0.489. The van der Waals surface area contributed by atoms with Crippen LogP contribution in [-0.4, -0.2) is 29.4 Å². The van der Waals surface area contributed by atoms with E-state index >= 15 is 0 Å². The van der Waals surface area contributed by atoms with Gasteiger partial charge in [-0.15, -0.1) is 0 Å². The fraction of sp³-hybridized carbons (Fsp3) is 0.364. The van der Waals surface area contributed by atoms with Crippen LogP contribution < -0.4 is 0 Å². The van der Waals surface area contributed by atoms with Gasteiger partial charge in [0.1, 0.15) is 6.61 Å². The van der Waals surface area contributed by atoms with E-state index in [4.69, 9.17) is 4.74 Å². The van der Waals surface area contributed by atoms with E-state index < -0.39 is 0 Å². The standard InChI is InChI=1S/C22H25NO3/c1-16-12-13-23(22(25)26-15-19-6-4-3-5-7-19)21(16)14-18-8-10-20(11-9-18)17(2)24/h3-11,16,21H,12-15H2,1-2H3/t16-,21+/m1/s1. The minimum absolute atomic E-state index is 0.0666. The van der Waals surface area contributed by atoms with Crippen LogP contribution in [-0.2, 0) is 17.8 Å². The lowest BCUT2D eigenvalue weighted by atomic mass is 9.95. The smallest absolute Gasteiger partial charge is 0.410 e. The second-order valence-corrected chi connectivity index (χ2v) is 7.02. The van der Waals surface area contributed by atoms with Gasteiger partial charge in [0.15, 0.2) is 5.78 Å². The molecule has 0 bridgehead atoms. The summed E-state index contributed by atoms with van der Waals surface area (Å²) in [6, 6.07) is 17.5. The maximum atomic E-state index is 12.6. The van der Waals surface area contributed by atoms with Crippen LogP contribution in [0.1, 0.15) is 41.8 Å². The van der Waals surface area contributed by atoms with Crippen molar-refractivity contribution in [3.05, 3.63) is 71.3 Å². The van der Waals surface area contributed by atoms with Gasteiger partial charge in [0.05, 0.1) is 0 Å². The first-order valence-corrected chi connectivity index (χ1v) is 9.12. The van der Waals surface area contributed by atoms with Crippen LogP contribution in [0.2, 0.25) is 0 Å². The molecule has 26 heavy (non-hydrogen) atoms. The van der Waals surface area contributed by atoms with Gasteiger partial charge in [0.25, 0.3) is 0 Å². The molecule has 3 rings (SSSR count). The molecule has 0 unspecified atom stereocenters. The molecule has 4 heteroatoms. The van der Waals surface area contributed by atoms with Crippen LogP contribution in [0.25, 0.3) is 0 Å². The number of carbonyl (C=O) groups is 2. The molecule has 4 nitrogen and oxygen atoms in total. The van der Waals surface area contributed by atoms with Crippen molar-refractivity contribution in [3.8, 4) is 0 Å². The van der Waals surface area contributed by atoms with E-state index in [1.54, 1.807) is 6.92 Å². The van der Waals surface area contributed by atoms with E-state index in [-0.39, 0.29) is 17.9 Å². The Labute approximate surface area is 154 Å². The Bertz CT molecular complexity index is 755. The Morgan fingerprint density at radius 3 is 2.38 bits per heavy atom. The Morgan fingerprint density at radius 2 is 1.73 bits per heavy atom. The zero-order valence-corrected chi connectivity index (χ0v) is 15.4. The van der Waals surface area contributed by atoms with Gasteiger partial charge in [-0.05, 0) is 36.8 Å².